The first-order valence-electron chi connectivity index (χ1n) is 7.29. The first-order valence-corrected chi connectivity index (χ1v) is 7.29. The molecular weight excluding hydrogens is 240 g/mol. The second-order valence-electron chi connectivity index (χ2n) is 6.09. The molecule has 108 valence electrons. The maximum Gasteiger partial charge on any atom is 0.176 e. The quantitative estimate of drug-likeness (QED) is 0.615. The van der Waals surface area contributed by atoms with E-state index in [0.29, 0.717) is 5.92 Å². The lowest BCUT2D eigenvalue weighted by Crippen LogP contribution is -2.44. The number of nitrogens with two attached hydrogens (primary N) is 1. The standard InChI is InChI=1S/C13H26N6/c1-9(2)10-4-6-11(7-5-10)12(15-14)8-13-16-18-19(3)17-13/h9-12,15H,4-8,14H2,1-3H3. The zero-order valence-electron chi connectivity index (χ0n) is 12.2. The Bertz CT molecular complexity index is 380. The smallest absolute Gasteiger partial charge is 0.176 e. The van der Waals surface area contributed by atoms with Gasteiger partial charge in [-0.05, 0) is 48.7 Å². The molecule has 19 heavy (non-hydrogen) atoms. The molecule has 1 fully saturated rings. The third kappa shape index (κ3) is 3.73. The van der Waals surface area contributed by atoms with Crippen LogP contribution >= 0.6 is 0 Å². The van der Waals surface area contributed by atoms with Crippen LogP contribution in [0, 0.1) is 17.8 Å². The van der Waals surface area contributed by atoms with Gasteiger partial charge in [0.25, 0.3) is 0 Å². The van der Waals surface area contributed by atoms with Gasteiger partial charge in [-0.15, -0.1) is 10.2 Å². The van der Waals surface area contributed by atoms with E-state index in [-0.39, 0.29) is 6.04 Å². The van der Waals surface area contributed by atoms with E-state index in [4.69, 9.17) is 5.84 Å². The zero-order chi connectivity index (χ0) is 13.8. The molecule has 0 radical (unpaired) electrons. The minimum absolute atomic E-state index is 0.261. The number of hydrogen-bond acceptors (Lipinski definition) is 5. The molecule has 0 spiro atoms. The second-order valence-corrected chi connectivity index (χ2v) is 6.09. The van der Waals surface area contributed by atoms with Crippen LogP contribution in [0.5, 0.6) is 0 Å². The topological polar surface area (TPSA) is 81.7 Å². The predicted octanol–water partition coefficient (Wildman–Crippen LogP) is 1.05. The van der Waals surface area contributed by atoms with E-state index in [1.165, 1.54) is 30.5 Å². The third-order valence-corrected chi connectivity index (χ3v) is 4.49. The molecule has 0 saturated heterocycles. The van der Waals surface area contributed by atoms with Crippen molar-refractivity contribution in [3.63, 3.8) is 0 Å². The third-order valence-electron chi connectivity index (χ3n) is 4.49. The summed E-state index contributed by atoms with van der Waals surface area (Å²) in [6, 6.07) is 0.261. The number of aryl methyl sites for hydroxylation is 1. The van der Waals surface area contributed by atoms with Crippen molar-refractivity contribution in [3.05, 3.63) is 5.82 Å². The van der Waals surface area contributed by atoms with Crippen LogP contribution in [0.3, 0.4) is 0 Å². The lowest BCUT2D eigenvalue weighted by molar-refractivity contribution is 0.187. The molecule has 3 N–H and O–H groups in total. The molecule has 1 atom stereocenters. The summed E-state index contributed by atoms with van der Waals surface area (Å²) in [5.41, 5.74) is 2.96. The summed E-state index contributed by atoms with van der Waals surface area (Å²) in [5.74, 6) is 8.80. The second kappa shape index (κ2) is 6.43. The molecule has 2 rings (SSSR count). The van der Waals surface area contributed by atoms with E-state index in [0.717, 1.165) is 24.1 Å². The van der Waals surface area contributed by atoms with Crippen LogP contribution in [0.1, 0.15) is 45.4 Å². The lowest BCUT2D eigenvalue weighted by atomic mass is 9.74. The molecule has 6 heteroatoms. The highest BCUT2D eigenvalue weighted by Crippen LogP contribution is 2.35. The van der Waals surface area contributed by atoms with Gasteiger partial charge in [-0.1, -0.05) is 13.8 Å². The number of hydrogen-bond donors (Lipinski definition) is 2. The van der Waals surface area contributed by atoms with Gasteiger partial charge in [0.15, 0.2) is 5.82 Å². The van der Waals surface area contributed by atoms with Crippen molar-refractivity contribution in [2.75, 3.05) is 0 Å². The number of hydrazine groups is 1. The molecule has 1 aromatic rings. The maximum absolute atomic E-state index is 5.72. The summed E-state index contributed by atoms with van der Waals surface area (Å²) in [7, 11) is 1.79. The molecule has 0 aromatic carbocycles. The van der Waals surface area contributed by atoms with Gasteiger partial charge < -0.3 is 0 Å². The fourth-order valence-electron chi connectivity index (χ4n) is 3.18. The van der Waals surface area contributed by atoms with Crippen LogP contribution in [-0.4, -0.2) is 26.2 Å². The van der Waals surface area contributed by atoms with Crippen molar-refractivity contribution in [1.29, 1.82) is 0 Å². The Morgan fingerprint density at radius 3 is 2.37 bits per heavy atom. The van der Waals surface area contributed by atoms with E-state index < -0.39 is 0 Å². The molecule has 0 amide bonds. The number of nitrogens with zero attached hydrogens (tertiary/aromatic N) is 4. The highest BCUT2D eigenvalue weighted by atomic mass is 15.6. The Morgan fingerprint density at radius 2 is 1.89 bits per heavy atom. The SMILES string of the molecule is CC(C)C1CCC(C(Cc2nnn(C)n2)NN)CC1. The first kappa shape index (κ1) is 14.4. The largest absolute Gasteiger partial charge is 0.271 e. The summed E-state index contributed by atoms with van der Waals surface area (Å²) >= 11 is 0. The number of nitrogens with one attached hydrogen (secondary N) is 1. The normalized spacial score (nSPS) is 25.7. The van der Waals surface area contributed by atoms with E-state index in [1.807, 2.05) is 0 Å². The Hall–Kier alpha value is -1.01. The molecular formula is C13H26N6. The van der Waals surface area contributed by atoms with Crippen LogP contribution < -0.4 is 11.3 Å². The minimum atomic E-state index is 0.261. The van der Waals surface area contributed by atoms with Gasteiger partial charge in [-0.25, -0.2) is 0 Å². The van der Waals surface area contributed by atoms with E-state index in [9.17, 15) is 0 Å². The van der Waals surface area contributed by atoms with E-state index in [2.05, 4.69) is 34.7 Å². The van der Waals surface area contributed by atoms with E-state index in [1.54, 1.807) is 7.05 Å². The number of aromatic nitrogens is 4. The zero-order valence-corrected chi connectivity index (χ0v) is 12.2. The van der Waals surface area contributed by atoms with Crippen molar-refractivity contribution < 1.29 is 0 Å². The number of tetrazole rings is 1. The van der Waals surface area contributed by atoms with Gasteiger partial charge in [-0.2, -0.15) is 4.80 Å². The van der Waals surface area contributed by atoms with Crippen molar-refractivity contribution in [3.8, 4) is 0 Å². The molecule has 1 saturated carbocycles. The highest BCUT2D eigenvalue weighted by molar-refractivity contribution is 4.89. The van der Waals surface area contributed by atoms with Crippen LogP contribution in [0.4, 0.5) is 0 Å². The monoisotopic (exact) mass is 266 g/mol. The predicted molar refractivity (Wildman–Crippen MR) is 73.9 cm³/mol. The summed E-state index contributed by atoms with van der Waals surface area (Å²) < 4.78 is 0. The number of rotatable bonds is 5. The maximum atomic E-state index is 5.72. The van der Waals surface area contributed by atoms with Crippen molar-refractivity contribution >= 4 is 0 Å². The summed E-state index contributed by atoms with van der Waals surface area (Å²) in [4.78, 5) is 1.50. The van der Waals surface area contributed by atoms with E-state index >= 15 is 0 Å². The average Bonchev–Trinajstić information content (AvgIpc) is 2.81. The van der Waals surface area contributed by atoms with Crippen LogP contribution in [0.25, 0.3) is 0 Å². The molecule has 0 bridgehead atoms. The van der Waals surface area contributed by atoms with Gasteiger partial charge in [0, 0.05) is 12.5 Å². The summed E-state index contributed by atoms with van der Waals surface area (Å²) in [5, 5.41) is 12.2. The molecule has 0 aliphatic heterocycles. The highest BCUT2D eigenvalue weighted by Gasteiger charge is 2.29. The van der Waals surface area contributed by atoms with Crippen molar-refractivity contribution in [2.45, 2.75) is 52.0 Å². The minimum Gasteiger partial charge on any atom is -0.271 e. The van der Waals surface area contributed by atoms with Crippen molar-refractivity contribution in [1.82, 2.24) is 25.6 Å². The van der Waals surface area contributed by atoms with Gasteiger partial charge in [0.05, 0.1) is 7.05 Å². The summed E-state index contributed by atoms with van der Waals surface area (Å²) in [6.45, 7) is 4.65. The van der Waals surface area contributed by atoms with Crippen LogP contribution in [0.15, 0.2) is 0 Å². The Labute approximate surface area is 115 Å². The molecule has 1 aliphatic rings. The summed E-state index contributed by atoms with van der Waals surface area (Å²) in [6.07, 6.45) is 5.89. The first-order chi connectivity index (χ1) is 9.10. The van der Waals surface area contributed by atoms with Crippen LogP contribution in [-0.2, 0) is 13.5 Å². The van der Waals surface area contributed by atoms with Gasteiger partial charge in [0.2, 0.25) is 0 Å². The molecule has 6 nitrogen and oxygen atoms in total. The van der Waals surface area contributed by atoms with Gasteiger partial charge in [0.1, 0.15) is 0 Å². The fourth-order valence-corrected chi connectivity index (χ4v) is 3.18. The average molecular weight is 266 g/mol. The molecule has 1 unspecified atom stereocenters. The Kier molecular flexibility index (Phi) is 4.87. The van der Waals surface area contributed by atoms with Gasteiger partial charge >= 0.3 is 0 Å². The molecule has 1 aromatic heterocycles. The lowest BCUT2D eigenvalue weighted by Gasteiger charge is -2.34. The Morgan fingerprint density at radius 1 is 1.26 bits per heavy atom. The van der Waals surface area contributed by atoms with Crippen molar-refractivity contribution in [2.24, 2.45) is 30.6 Å². The van der Waals surface area contributed by atoms with Crippen LogP contribution in [0.2, 0.25) is 0 Å². The van der Waals surface area contributed by atoms with Gasteiger partial charge in [-0.3, -0.25) is 11.3 Å². The fraction of sp³-hybridized carbons (Fsp3) is 0.923. The molecule has 1 aliphatic carbocycles. The Balaban J connectivity index is 1.88. The molecule has 1 heterocycles.